The van der Waals surface area contributed by atoms with Gasteiger partial charge in [-0.3, -0.25) is 0 Å². The summed E-state index contributed by atoms with van der Waals surface area (Å²) in [6.07, 6.45) is 0. The Bertz CT molecular complexity index is 4950. The second kappa shape index (κ2) is 20.2. The molecule has 5 heterocycles. The van der Waals surface area contributed by atoms with Crippen molar-refractivity contribution >= 4 is 160 Å². The Morgan fingerprint density at radius 1 is 0.264 bits per heavy atom. The molecule has 0 atom stereocenters. The largest absolute Gasteiger partial charge is 0.311 e. The van der Waals surface area contributed by atoms with Gasteiger partial charge in [-0.15, -0.1) is 0 Å². The fourth-order valence-corrected chi connectivity index (χ4v) is 17.0. The summed E-state index contributed by atoms with van der Waals surface area (Å²) >= 11 is 3.84. The lowest BCUT2D eigenvalue weighted by molar-refractivity contribution is 1.18. The highest BCUT2D eigenvalue weighted by Gasteiger charge is 2.47. The summed E-state index contributed by atoms with van der Waals surface area (Å²) in [6, 6.07) is 115. The van der Waals surface area contributed by atoms with Crippen LogP contribution in [0.15, 0.2) is 329 Å². The summed E-state index contributed by atoms with van der Waals surface area (Å²) in [5, 5.41) is 2.40. The van der Waals surface area contributed by atoms with E-state index < -0.39 is 0 Å². The van der Waals surface area contributed by atoms with E-state index in [1.165, 1.54) is 80.0 Å². The molecule has 14 aromatic rings. The molecule has 4 aliphatic rings. The number of para-hydroxylation sites is 8. The lowest BCUT2D eigenvalue weighted by atomic mass is 9.31. The van der Waals surface area contributed by atoms with Crippen molar-refractivity contribution in [2.24, 2.45) is 0 Å². The van der Waals surface area contributed by atoms with Gasteiger partial charge in [0.1, 0.15) is 0 Å². The van der Waals surface area contributed by atoms with Crippen LogP contribution in [0.3, 0.4) is 0 Å². The van der Waals surface area contributed by atoms with Crippen LogP contribution in [-0.2, 0) is 0 Å². The van der Waals surface area contributed by atoms with Gasteiger partial charge in [-0.05, 0) is 155 Å². The number of anilines is 12. The van der Waals surface area contributed by atoms with E-state index >= 15 is 0 Å². The Balaban J connectivity index is 0.957. The van der Waals surface area contributed by atoms with Crippen molar-refractivity contribution in [2.75, 3.05) is 19.6 Å². The maximum absolute atomic E-state index is 2.67. The number of nitrogens with zero attached hydrogens (tertiary/aromatic N) is 5. The van der Waals surface area contributed by atoms with E-state index in [9.17, 15) is 0 Å². The SMILES string of the molecule is c1ccc(N(c2ccccc2)c2cc3c4c(c2)Sc2cc5c(cc2B4c2ccccc2S3)B2c3ccccc3N(c3ccccc3)c3cc(N(c4ccccc4)c4ccccc4)cc(c32)N5c2cccc3c2c2ccccc2n3-c2ccccc2)cc1. The molecule has 0 bridgehead atoms. The first-order valence-corrected chi connectivity index (χ1v) is 31.4. The van der Waals surface area contributed by atoms with Crippen LogP contribution in [0.1, 0.15) is 0 Å². The van der Waals surface area contributed by atoms with Gasteiger partial charge in [0.2, 0.25) is 6.71 Å². The number of hydrogen-bond acceptors (Lipinski definition) is 6. The molecule has 0 unspecified atom stereocenters. The van der Waals surface area contributed by atoms with E-state index in [0.29, 0.717) is 0 Å². The molecule has 0 saturated heterocycles. The molecular formula is C78H51B2N5S2. The summed E-state index contributed by atoms with van der Waals surface area (Å²) in [7, 11) is 0. The molecule has 406 valence electrons. The van der Waals surface area contributed by atoms with E-state index in [4.69, 9.17) is 0 Å². The Morgan fingerprint density at radius 3 is 1.37 bits per heavy atom. The van der Waals surface area contributed by atoms with Crippen LogP contribution < -0.4 is 52.4 Å². The third-order valence-corrected chi connectivity index (χ3v) is 20.2. The number of rotatable bonds is 9. The number of hydrogen-bond donors (Lipinski definition) is 0. The summed E-state index contributed by atoms with van der Waals surface area (Å²) in [4.78, 5) is 15.2. The van der Waals surface area contributed by atoms with Crippen molar-refractivity contribution in [2.45, 2.75) is 19.6 Å². The van der Waals surface area contributed by atoms with Gasteiger partial charge in [-0.2, -0.15) is 0 Å². The van der Waals surface area contributed by atoms with E-state index in [1.807, 2.05) is 23.5 Å². The van der Waals surface area contributed by atoms with Crippen molar-refractivity contribution < 1.29 is 0 Å². The Kier molecular flexibility index (Phi) is 11.6. The predicted octanol–water partition coefficient (Wildman–Crippen LogP) is 17.3. The van der Waals surface area contributed by atoms with Crippen molar-refractivity contribution in [3.8, 4) is 5.69 Å². The summed E-state index contributed by atoms with van der Waals surface area (Å²) in [5.41, 5.74) is 24.9. The second-order valence-electron chi connectivity index (χ2n) is 22.7. The van der Waals surface area contributed by atoms with Crippen molar-refractivity contribution in [3.63, 3.8) is 0 Å². The topological polar surface area (TPSA) is 17.9 Å². The highest BCUT2D eigenvalue weighted by molar-refractivity contribution is 8.01. The van der Waals surface area contributed by atoms with Crippen LogP contribution in [0.2, 0.25) is 0 Å². The molecule has 13 aromatic carbocycles. The minimum absolute atomic E-state index is 0.00104. The van der Waals surface area contributed by atoms with Crippen LogP contribution in [0.5, 0.6) is 0 Å². The van der Waals surface area contributed by atoms with Gasteiger partial charge in [0.25, 0.3) is 6.71 Å². The second-order valence-corrected chi connectivity index (χ2v) is 24.9. The maximum Gasteiger partial charge on any atom is 0.252 e. The summed E-state index contributed by atoms with van der Waals surface area (Å²) in [5.74, 6) is 0. The minimum Gasteiger partial charge on any atom is -0.311 e. The average molecular weight is 1140 g/mol. The van der Waals surface area contributed by atoms with Crippen LogP contribution in [0.4, 0.5) is 68.2 Å². The average Bonchev–Trinajstić information content (AvgIpc) is 1.21. The van der Waals surface area contributed by atoms with Gasteiger partial charge in [0.05, 0.1) is 22.4 Å². The molecule has 4 aliphatic heterocycles. The Hall–Kier alpha value is -10.3. The van der Waals surface area contributed by atoms with E-state index in [2.05, 4.69) is 334 Å². The van der Waals surface area contributed by atoms with Gasteiger partial charge in [0.15, 0.2) is 0 Å². The fourth-order valence-electron chi connectivity index (χ4n) is 14.5. The monoisotopic (exact) mass is 1140 g/mol. The first kappa shape index (κ1) is 50.1. The number of benzene rings is 13. The molecule has 0 radical (unpaired) electrons. The molecule has 0 saturated carbocycles. The zero-order chi connectivity index (χ0) is 57.1. The molecule has 9 heteroatoms. The standard InChI is InChI=1S/C78H51B2N5S2/c1-7-26-52(27-8-1)81(53-28-9-2-10-29-53)58-46-70-77-71(47-58)85(68-44-25-43-67-76(68)60-38-19-22-41-65(60)83(67)56-34-15-5-16-35-56)69-51-73-64(50-63(69)79(77)61-39-20-23-42-66(61)84(70)57-36-17-6-18-37-57)80-62-40-21-24-45-72(62)86-74-48-59(49-75(87-73)78(74)80)82(54-30-11-3-12-31-54)55-32-13-4-14-33-55/h1-51H. The Morgan fingerprint density at radius 2 is 0.736 bits per heavy atom. The van der Waals surface area contributed by atoms with Crippen LogP contribution in [0.25, 0.3) is 27.5 Å². The van der Waals surface area contributed by atoms with Crippen LogP contribution >= 0.6 is 23.5 Å². The van der Waals surface area contributed by atoms with Gasteiger partial charge in [-0.1, -0.05) is 210 Å². The van der Waals surface area contributed by atoms with Gasteiger partial charge in [0, 0.05) is 92.9 Å². The molecule has 0 spiro atoms. The van der Waals surface area contributed by atoms with Gasteiger partial charge < -0.3 is 24.2 Å². The summed E-state index contributed by atoms with van der Waals surface area (Å²) < 4.78 is 2.45. The lowest BCUT2D eigenvalue weighted by Gasteiger charge is -2.46. The van der Waals surface area contributed by atoms with Gasteiger partial charge >= 0.3 is 0 Å². The normalized spacial score (nSPS) is 13.1. The van der Waals surface area contributed by atoms with Crippen molar-refractivity contribution in [1.29, 1.82) is 0 Å². The zero-order valence-corrected chi connectivity index (χ0v) is 48.8. The quantitative estimate of drug-likeness (QED) is 0.133. The lowest BCUT2D eigenvalue weighted by Crippen LogP contribution is -2.64. The molecule has 0 aliphatic carbocycles. The Labute approximate surface area is 515 Å². The van der Waals surface area contributed by atoms with Crippen LogP contribution in [-0.4, -0.2) is 18.0 Å². The maximum atomic E-state index is 2.67. The molecule has 18 rings (SSSR count). The molecule has 0 N–H and O–H groups in total. The first-order valence-electron chi connectivity index (χ1n) is 29.8. The van der Waals surface area contributed by atoms with Crippen molar-refractivity contribution in [1.82, 2.24) is 4.57 Å². The van der Waals surface area contributed by atoms with E-state index in [-0.39, 0.29) is 13.4 Å². The molecule has 87 heavy (non-hydrogen) atoms. The predicted molar refractivity (Wildman–Crippen MR) is 370 cm³/mol. The van der Waals surface area contributed by atoms with E-state index in [0.717, 1.165) is 68.1 Å². The zero-order valence-electron chi connectivity index (χ0n) is 47.2. The highest BCUT2D eigenvalue weighted by Crippen LogP contribution is 2.52. The minimum atomic E-state index is -0.129. The number of aromatic nitrogens is 1. The van der Waals surface area contributed by atoms with E-state index in [1.54, 1.807) is 0 Å². The van der Waals surface area contributed by atoms with Crippen LogP contribution in [0, 0.1) is 0 Å². The van der Waals surface area contributed by atoms with Gasteiger partial charge in [-0.25, -0.2) is 0 Å². The van der Waals surface area contributed by atoms with Crippen molar-refractivity contribution in [3.05, 3.63) is 309 Å². The molecule has 0 fully saturated rings. The third kappa shape index (κ3) is 7.86. The molecule has 0 amide bonds. The number of fused-ring (bicyclic) bond motifs is 11. The highest BCUT2D eigenvalue weighted by atomic mass is 32.2. The smallest absolute Gasteiger partial charge is 0.252 e. The third-order valence-electron chi connectivity index (χ3n) is 18.0. The molecular weight excluding hydrogens is 1090 g/mol. The fraction of sp³-hybridized carbons (Fsp3) is 0. The first-order chi connectivity index (χ1) is 43.2. The molecule has 1 aromatic heterocycles. The molecule has 5 nitrogen and oxygen atoms in total. The summed E-state index contributed by atoms with van der Waals surface area (Å²) in [6.45, 7) is -0.130.